The fourth-order valence-electron chi connectivity index (χ4n) is 2.43. The molecule has 0 aliphatic heterocycles. The second kappa shape index (κ2) is 5.58. The zero-order chi connectivity index (χ0) is 14.1. The van der Waals surface area contributed by atoms with Crippen LogP contribution < -0.4 is 11.1 Å². The molecule has 1 heterocycles. The van der Waals surface area contributed by atoms with Crippen LogP contribution in [0.1, 0.15) is 28.9 Å². The van der Waals surface area contributed by atoms with E-state index in [0.717, 1.165) is 33.8 Å². The minimum Gasteiger partial charge on any atom is -0.397 e. The average Bonchev–Trinajstić information content (AvgIpc) is 2.76. The number of carbonyl (C=O) groups excluding carboxylic acids is 1. The van der Waals surface area contributed by atoms with Gasteiger partial charge in [0.2, 0.25) is 0 Å². The summed E-state index contributed by atoms with van der Waals surface area (Å²) in [5.41, 5.74) is 6.70. The van der Waals surface area contributed by atoms with Gasteiger partial charge in [0.15, 0.2) is 0 Å². The summed E-state index contributed by atoms with van der Waals surface area (Å²) >= 11 is 4.89. The van der Waals surface area contributed by atoms with Gasteiger partial charge in [0.05, 0.1) is 5.69 Å². The van der Waals surface area contributed by atoms with Crippen LogP contribution >= 0.6 is 27.3 Å². The van der Waals surface area contributed by atoms with Crippen LogP contribution in [0, 0.1) is 0 Å². The third kappa shape index (κ3) is 2.60. The van der Waals surface area contributed by atoms with Crippen molar-refractivity contribution in [3.05, 3.63) is 39.7 Å². The van der Waals surface area contributed by atoms with Gasteiger partial charge in [0.25, 0.3) is 5.91 Å². The lowest BCUT2D eigenvalue weighted by Gasteiger charge is -2.18. The van der Waals surface area contributed by atoms with E-state index in [4.69, 9.17) is 5.73 Å². The predicted octanol–water partition coefficient (Wildman–Crippen LogP) is 4.08. The van der Waals surface area contributed by atoms with Crippen LogP contribution in [0.25, 0.3) is 10.1 Å². The number of nitrogen functional groups attached to an aromatic ring is 1. The van der Waals surface area contributed by atoms with Gasteiger partial charge in [0.1, 0.15) is 4.88 Å². The van der Waals surface area contributed by atoms with Crippen LogP contribution in [-0.2, 0) is 0 Å². The molecule has 20 heavy (non-hydrogen) atoms. The van der Waals surface area contributed by atoms with E-state index in [1.54, 1.807) is 0 Å². The van der Waals surface area contributed by atoms with Gasteiger partial charge in [-0.3, -0.25) is 4.79 Å². The molecular formula is C15H15BrN2OS. The number of amides is 1. The molecule has 0 fully saturated rings. The number of nitrogens with two attached hydrogens (primary N) is 1. The fraction of sp³-hybridized carbons (Fsp3) is 0.267. The third-order valence-corrected chi connectivity index (χ3v) is 5.16. The van der Waals surface area contributed by atoms with E-state index in [1.165, 1.54) is 11.3 Å². The number of thiophene rings is 1. The first-order valence-electron chi connectivity index (χ1n) is 6.58. The van der Waals surface area contributed by atoms with Crippen molar-refractivity contribution in [3.63, 3.8) is 0 Å². The Morgan fingerprint density at radius 2 is 2.25 bits per heavy atom. The van der Waals surface area contributed by atoms with Crippen LogP contribution in [0.15, 0.2) is 34.8 Å². The van der Waals surface area contributed by atoms with Gasteiger partial charge in [-0.2, -0.15) is 0 Å². The maximum Gasteiger partial charge on any atom is 0.263 e. The van der Waals surface area contributed by atoms with Crippen molar-refractivity contribution < 1.29 is 4.79 Å². The SMILES string of the molecule is Nc1c(C(=O)NC2CC=CCC2)sc2cc(Br)ccc12. The zero-order valence-corrected chi connectivity index (χ0v) is 13.3. The molecule has 1 unspecified atom stereocenters. The number of nitrogens with one attached hydrogen (secondary N) is 1. The summed E-state index contributed by atoms with van der Waals surface area (Å²) in [4.78, 5) is 13.0. The van der Waals surface area contributed by atoms with Crippen molar-refractivity contribution in [3.8, 4) is 0 Å². The number of allylic oxidation sites excluding steroid dienone is 1. The number of benzene rings is 1. The smallest absolute Gasteiger partial charge is 0.263 e. The van der Waals surface area contributed by atoms with Crippen molar-refractivity contribution in [1.82, 2.24) is 5.32 Å². The van der Waals surface area contributed by atoms with Crippen LogP contribution in [0.5, 0.6) is 0 Å². The molecule has 0 radical (unpaired) electrons. The summed E-state index contributed by atoms with van der Waals surface area (Å²) in [6.45, 7) is 0. The largest absolute Gasteiger partial charge is 0.397 e. The summed E-state index contributed by atoms with van der Waals surface area (Å²) in [6, 6.07) is 6.12. The van der Waals surface area contributed by atoms with E-state index < -0.39 is 0 Å². The van der Waals surface area contributed by atoms with Gasteiger partial charge in [-0.05, 0) is 31.4 Å². The van der Waals surface area contributed by atoms with Gasteiger partial charge in [0, 0.05) is 20.6 Å². The maximum absolute atomic E-state index is 12.4. The summed E-state index contributed by atoms with van der Waals surface area (Å²) < 4.78 is 2.03. The topological polar surface area (TPSA) is 55.1 Å². The minimum atomic E-state index is -0.0554. The molecule has 3 nitrogen and oxygen atoms in total. The molecule has 3 rings (SSSR count). The second-order valence-corrected chi connectivity index (χ2v) is 6.91. The molecule has 0 saturated heterocycles. The standard InChI is InChI=1S/C15H15BrN2OS/c16-9-6-7-11-12(8-9)20-14(13(11)17)15(19)18-10-4-2-1-3-5-10/h1-2,6-8,10H,3-5,17H2,(H,18,19). The minimum absolute atomic E-state index is 0.0554. The zero-order valence-electron chi connectivity index (χ0n) is 10.9. The normalized spacial score (nSPS) is 18.4. The monoisotopic (exact) mass is 350 g/mol. The van der Waals surface area contributed by atoms with Crippen molar-refractivity contribution in [1.29, 1.82) is 0 Å². The van der Waals surface area contributed by atoms with Gasteiger partial charge < -0.3 is 11.1 Å². The quantitative estimate of drug-likeness (QED) is 0.801. The van der Waals surface area contributed by atoms with Gasteiger partial charge in [-0.25, -0.2) is 0 Å². The maximum atomic E-state index is 12.4. The highest BCUT2D eigenvalue weighted by molar-refractivity contribution is 9.10. The molecule has 1 atom stereocenters. The molecule has 104 valence electrons. The summed E-state index contributed by atoms with van der Waals surface area (Å²) in [7, 11) is 0. The highest BCUT2D eigenvalue weighted by Crippen LogP contribution is 2.35. The van der Waals surface area contributed by atoms with Crippen LogP contribution in [-0.4, -0.2) is 11.9 Å². The first-order chi connectivity index (χ1) is 9.65. The fourth-order valence-corrected chi connectivity index (χ4v) is 4.01. The molecule has 1 aliphatic carbocycles. The number of hydrogen-bond donors (Lipinski definition) is 2. The van der Waals surface area contributed by atoms with Crippen molar-refractivity contribution in [2.45, 2.75) is 25.3 Å². The Morgan fingerprint density at radius 3 is 3.00 bits per heavy atom. The highest BCUT2D eigenvalue weighted by atomic mass is 79.9. The summed E-state index contributed by atoms with van der Waals surface area (Å²) in [5.74, 6) is -0.0554. The van der Waals surface area contributed by atoms with E-state index in [9.17, 15) is 4.79 Å². The lowest BCUT2D eigenvalue weighted by atomic mass is 10.0. The first-order valence-corrected chi connectivity index (χ1v) is 8.19. The van der Waals surface area contributed by atoms with Crippen LogP contribution in [0.3, 0.4) is 0 Å². The van der Waals surface area contributed by atoms with Gasteiger partial charge in [-0.1, -0.05) is 34.1 Å². The highest BCUT2D eigenvalue weighted by Gasteiger charge is 2.19. The molecule has 1 aromatic carbocycles. The number of halogens is 1. The van der Waals surface area contributed by atoms with Crippen LogP contribution in [0.4, 0.5) is 5.69 Å². The van der Waals surface area contributed by atoms with Crippen molar-refractivity contribution in [2.24, 2.45) is 0 Å². The Morgan fingerprint density at radius 1 is 1.40 bits per heavy atom. The third-order valence-electron chi connectivity index (χ3n) is 3.50. The summed E-state index contributed by atoms with van der Waals surface area (Å²) in [6.07, 6.45) is 7.22. The number of rotatable bonds is 2. The molecule has 1 aromatic heterocycles. The first kappa shape index (κ1) is 13.6. The lowest BCUT2D eigenvalue weighted by molar-refractivity contribution is 0.0939. The number of hydrogen-bond acceptors (Lipinski definition) is 3. The molecular weight excluding hydrogens is 336 g/mol. The van der Waals surface area contributed by atoms with Crippen molar-refractivity contribution >= 4 is 48.9 Å². The average molecular weight is 351 g/mol. The molecule has 2 aromatic rings. The Balaban J connectivity index is 1.87. The lowest BCUT2D eigenvalue weighted by Crippen LogP contribution is -2.35. The molecule has 3 N–H and O–H groups in total. The Hall–Kier alpha value is -1.33. The molecule has 0 spiro atoms. The van der Waals surface area contributed by atoms with Crippen molar-refractivity contribution in [2.75, 3.05) is 5.73 Å². The van der Waals surface area contributed by atoms with Gasteiger partial charge >= 0.3 is 0 Å². The predicted molar refractivity (Wildman–Crippen MR) is 88.2 cm³/mol. The molecule has 0 saturated carbocycles. The number of anilines is 1. The van der Waals surface area contributed by atoms with E-state index in [1.807, 2.05) is 18.2 Å². The summed E-state index contributed by atoms with van der Waals surface area (Å²) in [5, 5.41) is 4.03. The van der Waals surface area contributed by atoms with E-state index in [2.05, 4.69) is 33.4 Å². The van der Waals surface area contributed by atoms with Crippen LogP contribution in [0.2, 0.25) is 0 Å². The van der Waals surface area contributed by atoms with Gasteiger partial charge in [-0.15, -0.1) is 11.3 Å². The van der Waals surface area contributed by atoms with E-state index in [-0.39, 0.29) is 11.9 Å². The Labute approximate surface area is 130 Å². The molecule has 5 heteroatoms. The van der Waals surface area contributed by atoms with E-state index >= 15 is 0 Å². The molecule has 1 aliphatic rings. The van der Waals surface area contributed by atoms with E-state index in [0.29, 0.717) is 10.6 Å². The Bertz CT molecular complexity index is 692. The molecule has 1 amide bonds. The molecule has 0 bridgehead atoms. The number of fused-ring (bicyclic) bond motifs is 1. The Kier molecular flexibility index (Phi) is 3.81. The number of carbonyl (C=O) groups is 1. The second-order valence-electron chi connectivity index (χ2n) is 4.94.